The largest absolute Gasteiger partial charge is 0.480 e. The average molecular weight is 421 g/mol. The first-order valence-corrected chi connectivity index (χ1v) is 10.4. The van der Waals surface area contributed by atoms with Crippen LogP contribution in [0.2, 0.25) is 0 Å². The molecule has 160 valence electrons. The number of para-hydroxylation sites is 1. The maximum absolute atomic E-state index is 12.5. The number of rotatable bonds is 5. The molecule has 3 atom stereocenters. The highest BCUT2D eigenvalue weighted by molar-refractivity contribution is 5.90. The van der Waals surface area contributed by atoms with Crippen LogP contribution in [-0.2, 0) is 22.7 Å². The molecule has 8 nitrogen and oxygen atoms in total. The Balaban J connectivity index is 1.56. The lowest BCUT2D eigenvalue weighted by molar-refractivity contribution is -0.144. The van der Waals surface area contributed by atoms with Crippen molar-refractivity contribution in [3.63, 3.8) is 0 Å². The van der Waals surface area contributed by atoms with Gasteiger partial charge in [0.1, 0.15) is 12.6 Å². The van der Waals surface area contributed by atoms with Crippen molar-refractivity contribution in [1.29, 1.82) is 0 Å². The fourth-order valence-electron chi connectivity index (χ4n) is 5.40. The van der Waals surface area contributed by atoms with Crippen LogP contribution in [0.15, 0.2) is 53.5 Å². The second-order valence-electron chi connectivity index (χ2n) is 8.52. The summed E-state index contributed by atoms with van der Waals surface area (Å²) in [5.41, 5.74) is 2.27. The normalized spacial score (nSPS) is 21.5. The number of aliphatic carboxylic acids is 2. The molecule has 1 unspecified atom stereocenters. The van der Waals surface area contributed by atoms with E-state index in [4.69, 9.17) is 0 Å². The van der Waals surface area contributed by atoms with Crippen molar-refractivity contribution >= 4 is 22.8 Å². The van der Waals surface area contributed by atoms with Gasteiger partial charge < -0.3 is 19.3 Å². The second kappa shape index (κ2) is 7.39. The molecule has 2 aliphatic rings. The molecule has 0 spiro atoms. The number of fused-ring (bicyclic) bond motifs is 5. The number of benzene rings is 1. The third-order valence-electron chi connectivity index (χ3n) is 6.53. The Kier molecular flexibility index (Phi) is 4.66. The summed E-state index contributed by atoms with van der Waals surface area (Å²) >= 11 is 0. The number of carboxylic acids is 2. The maximum atomic E-state index is 12.5. The van der Waals surface area contributed by atoms with Crippen molar-refractivity contribution in [2.45, 2.75) is 31.5 Å². The van der Waals surface area contributed by atoms with Crippen LogP contribution >= 0.6 is 0 Å². The molecule has 1 fully saturated rings. The van der Waals surface area contributed by atoms with E-state index in [0.29, 0.717) is 30.7 Å². The SMILES string of the molecule is O=C(O)Cn1cc(C(C(=O)O)N2C[C@@H]3C[C@H](C2)c2cccc(=O)n2C3)c2ccccc21. The fourth-order valence-corrected chi connectivity index (χ4v) is 5.40. The van der Waals surface area contributed by atoms with Gasteiger partial charge in [0, 0.05) is 60.0 Å². The van der Waals surface area contributed by atoms with Crippen molar-refractivity contribution < 1.29 is 19.8 Å². The summed E-state index contributed by atoms with van der Waals surface area (Å²) in [6.07, 6.45) is 2.60. The summed E-state index contributed by atoms with van der Waals surface area (Å²) in [5, 5.41) is 20.2. The molecule has 3 aromatic rings. The monoisotopic (exact) mass is 421 g/mol. The molecule has 1 saturated heterocycles. The fraction of sp³-hybridized carbons (Fsp3) is 0.348. The van der Waals surface area contributed by atoms with E-state index in [1.807, 2.05) is 39.8 Å². The highest BCUT2D eigenvalue weighted by Crippen LogP contribution is 2.40. The zero-order valence-electron chi connectivity index (χ0n) is 16.8. The van der Waals surface area contributed by atoms with Gasteiger partial charge in [-0.3, -0.25) is 19.3 Å². The Morgan fingerprint density at radius 3 is 2.61 bits per heavy atom. The van der Waals surface area contributed by atoms with Crippen molar-refractivity contribution in [1.82, 2.24) is 14.0 Å². The van der Waals surface area contributed by atoms with E-state index < -0.39 is 18.0 Å². The molecule has 0 saturated carbocycles. The molecule has 2 N–H and O–H groups in total. The van der Waals surface area contributed by atoms with Gasteiger partial charge in [0.05, 0.1) is 0 Å². The first kappa shape index (κ1) is 19.6. The summed E-state index contributed by atoms with van der Waals surface area (Å²) in [7, 11) is 0. The molecule has 0 radical (unpaired) electrons. The number of aromatic nitrogens is 2. The molecule has 0 aliphatic carbocycles. The molecular formula is C23H23N3O5. The maximum Gasteiger partial charge on any atom is 0.325 e. The van der Waals surface area contributed by atoms with Crippen molar-refractivity contribution in [3.8, 4) is 0 Å². The number of hydrogen-bond donors (Lipinski definition) is 2. The van der Waals surface area contributed by atoms with E-state index in [2.05, 4.69) is 0 Å². The third-order valence-corrected chi connectivity index (χ3v) is 6.53. The van der Waals surface area contributed by atoms with Gasteiger partial charge in [0.2, 0.25) is 0 Å². The first-order chi connectivity index (χ1) is 14.9. The zero-order chi connectivity index (χ0) is 21.7. The van der Waals surface area contributed by atoms with Crippen LogP contribution in [0.3, 0.4) is 0 Å². The van der Waals surface area contributed by atoms with Crippen LogP contribution in [0.25, 0.3) is 10.9 Å². The van der Waals surface area contributed by atoms with Crippen molar-refractivity contribution in [2.75, 3.05) is 13.1 Å². The van der Waals surface area contributed by atoms with Gasteiger partial charge in [-0.15, -0.1) is 0 Å². The van der Waals surface area contributed by atoms with E-state index in [-0.39, 0.29) is 23.9 Å². The second-order valence-corrected chi connectivity index (χ2v) is 8.52. The minimum Gasteiger partial charge on any atom is -0.480 e. The summed E-state index contributed by atoms with van der Waals surface area (Å²) in [6.45, 7) is 1.48. The predicted octanol–water partition coefficient (Wildman–Crippen LogP) is 2.13. The minimum absolute atomic E-state index is 0.00724. The summed E-state index contributed by atoms with van der Waals surface area (Å²) in [5.74, 6) is -1.64. The lowest BCUT2D eigenvalue weighted by Crippen LogP contribution is -2.49. The lowest BCUT2D eigenvalue weighted by Gasteiger charge is -2.44. The Labute approximate surface area is 177 Å². The Morgan fingerprint density at radius 1 is 1.03 bits per heavy atom. The van der Waals surface area contributed by atoms with Crippen LogP contribution in [-0.4, -0.2) is 49.3 Å². The summed E-state index contributed by atoms with van der Waals surface area (Å²) in [6, 6.07) is 11.7. The zero-order valence-corrected chi connectivity index (χ0v) is 16.8. The highest BCUT2D eigenvalue weighted by Gasteiger charge is 2.40. The first-order valence-electron chi connectivity index (χ1n) is 10.4. The number of likely N-dealkylation sites (tertiary alicyclic amines) is 1. The summed E-state index contributed by atoms with van der Waals surface area (Å²) in [4.78, 5) is 38.1. The standard InChI is InChI=1S/C23H23N3O5/c27-20-7-3-6-18-15-8-14(10-26(18)20)9-25(11-15)22(23(30)31)17-12-24(13-21(28)29)19-5-2-1-4-16(17)19/h1-7,12,14-15,22H,8-11,13H2,(H,28,29)(H,30,31)/t14-,15+,22?/m0/s1. The van der Waals surface area contributed by atoms with E-state index in [1.165, 1.54) is 0 Å². The molecule has 31 heavy (non-hydrogen) atoms. The van der Waals surface area contributed by atoms with E-state index in [0.717, 1.165) is 17.5 Å². The van der Waals surface area contributed by atoms with Crippen molar-refractivity contribution in [2.24, 2.45) is 5.92 Å². The van der Waals surface area contributed by atoms with Crippen molar-refractivity contribution in [3.05, 3.63) is 70.3 Å². The van der Waals surface area contributed by atoms with Gasteiger partial charge in [-0.05, 0) is 24.5 Å². The number of carbonyl (C=O) groups is 2. The Bertz CT molecular complexity index is 1240. The smallest absolute Gasteiger partial charge is 0.325 e. The van der Waals surface area contributed by atoms with Crippen LogP contribution in [0.4, 0.5) is 0 Å². The molecule has 0 amide bonds. The van der Waals surface area contributed by atoms with Gasteiger partial charge in [-0.1, -0.05) is 24.3 Å². The number of piperidine rings is 1. The van der Waals surface area contributed by atoms with Gasteiger partial charge in [-0.25, -0.2) is 0 Å². The number of nitrogens with zero attached hydrogens (tertiary/aromatic N) is 3. The highest BCUT2D eigenvalue weighted by atomic mass is 16.4. The number of carboxylic acid groups (broad SMARTS) is 2. The van der Waals surface area contributed by atoms with E-state index in [9.17, 15) is 24.6 Å². The Morgan fingerprint density at radius 2 is 1.84 bits per heavy atom. The molecule has 4 heterocycles. The van der Waals surface area contributed by atoms with Gasteiger partial charge >= 0.3 is 11.9 Å². The average Bonchev–Trinajstić information content (AvgIpc) is 3.06. The molecule has 1 aromatic carbocycles. The molecular weight excluding hydrogens is 398 g/mol. The van der Waals surface area contributed by atoms with E-state index in [1.54, 1.807) is 22.9 Å². The number of pyridine rings is 1. The lowest BCUT2D eigenvalue weighted by atomic mass is 9.82. The van der Waals surface area contributed by atoms with Gasteiger partial charge in [0.25, 0.3) is 5.56 Å². The van der Waals surface area contributed by atoms with Crippen LogP contribution in [0.5, 0.6) is 0 Å². The van der Waals surface area contributed by atoms with Crippen LogP contribution < -0.4 is 5.56 Å². The predicted molar refractivity (Wildman–Crippen MR) is 113 cm³/mol. The molecule has 2 bridgehead atoms. The summed E-state index contributed by atoms with van der Waals surface area (Å²) < 4.78 is 3.42. The molecule has 2 aromatic heterocycles. The van der Waals surface area contributed by atoms with Crippen LogP contribution in [0.1, 0.15) is 29.6 Å². The van der Waals surface area contributed by atoms with Gasteiger partial charge in [-0.2, -0.15) is 0 Å². The van der Waals surface area contributed by atoms with Crippen LogP contribution in [0, 0.1) is 5.92 Å². The molecule has 8 heteroatoms. The minimum atomic E-state index is -0.978. The Hall–Kier alpha value is -3.39. The third kappa shape index (κ3) is 3.33. The van der Waals surface area contributed by atoms with Gasteiger partial charge in [0.15, 0.2) is 0 Å². The quantitative estimate of drug-likeness (QED) is 0.654. The van der Waals surface area contributed by atoms with E-state index >= 15 is 0 Å². The number of hydrogen-bond acceptors (Lipinski definition) is 4. The molecule has 2 aliphatic heterocycles. The topological polar surface area (TPSA) is 105 Å². The molecule has 5 rings (SSSR count).